The van der Waals surface area contributed by atoms with Crippen LogP contribution in [0.25, 0.3) is 0 Å². The summed E-state index contributed by atoms with van der Waals surface area (Å²) in [6, 6.07) is 12.4. The minimum absolute atomic E-state index is 0.00819. The highest BCUT2D eigenvalue weighted by molar-refractivity contribution is 7.89. The van der Waals surface area contributed by atoms with E-state index in [1.54, 1.807) is 31.9 Å². The molecule has 7 heteroatoms. The molecule has 0 heterocycles. The second kappa shape index (κ2) is 9.21. The Hall–Kier alpha value is -2.38. The summed E-state index contributed by atoms with van der Waals surface area (Å²) < 4.78 is 32.5. The number of carbonyl (C=O) groups excluding carboxylic acids is 1. The molecule has 2 rings (SSSR count). The Morgan fingerprint density at radius 1 is 1.07 bits per heavy atom. The topological polar surface area (TPSA) is 66.9 Å². The zero-order chi connectivity index (χ0) is 20.9. The van der Waals surface area contributed by atoms with Crippen molar-refractivity contribution in [2.75, 3.05) is 27.2 Å². The smallest absolute Gasteiger partial charge is 0.253 e. The Kier molecular flexibility index (Phi) is 7.21. The van der Waals surface area contributed by atoms with Crippen LogP contribution in [0.1, 0.15) is 35.3 Å². The third kappa shape index (κ3) is 4.54. The molecule has 0 aliphatic heterocycles. The minimum atomic E-state index is -3.75. The Morgan fingerprint density at radius 3 is 2.29 bits per heavy atom. The first-order valence-corrected chi connectivity index (χ1v) is 10.7. The van der Waals surface area contributed by atoms with E-state index in [-0.39, 0.29) is 16.6 Å². The highest BCUT2D eigenvalue weighted by Crippen LogP contribution is 2.28. The number of amides is 1. The van der Waals surface area contributed by atoms with Gasteiger partial charge in [0.05, 0.1) is 7.11 Å². The molecule has 0 radical (unpaired) electrons. The van der Waals surface area contributed by atoms with Gasteiger partial charge in [0, 0.05) is 32.2 Å². The maximum absolute atomic E-state index is 13.0. The molecule has 0 atom stereocenters. The van der Waals surface area contributed by atoms with E-state index in [0.29, 0.717) is 25.2 Å². The van der Waals surface area contributed by atoms with Crippen LogP contribution in [0.4, 0.5) is 0 Å². The molecule has 0 saturated carbocycles. The molecule has 0 saturated heterocycles. The molecule has 2 aromatic rings. The van der Waals surface area contributed by atoms with E-state index < -0.39 is 10.0 Å². The van der Waals surface area contributed by atoms with Crippen molar-refractivity contribution in [1.82, 2.24) is 9.21 Å². The molecule has 1 amide bonds. The van der Waals surface area contributed by atoms with Crippen molar-refractivity contribution in [2.45, 2.75) is 32.2 Å². The molecule has 2 aromatic carbocycles. The predicted molar refractivity (Wildman–Crippen MR) is 110 cm³/mol. The SMILES string of the molecule is CCN(CC)S(=O)(=O)c1cc(C(=O)N(C)Cc2ccccc2C)ccc1OC. The Balaban J connectivity index is 2.39. The number of hydrogen-bond donors (Lipinski definition) is 0. The molecule has 0 bridgehead atoms. The number of benzene rings is 2. The van der Waals surface area contributed by atoms with Crippen LogP contribution in [0.2, 0.25) is 0 Å². The van der Waals surface area contributed by atoms with Crippen LogP contribution < -0.4 is 4.74 Å². The van der Waals surface area contributed by atoms with Crippen molar-refractivity contribution in [3.63, 3.8) is 0 Å². The number of carbonyl (C=O) groups is 1. The fourth-order valence-electron chi connectivity index (χ4n) is 3.05. The maximum Gasteiger partial charge on any atom is 0.253 e. The summed E-state index contributed by atoms with van der Waals surface area (Å²) in [6.07, 6.45) is 0. The molecule has 0 aliphatic rings. The standard InChI is InChI=1S/C21H28N2O4S/c1-6-23(7-2)28(25,26)20-14-17(12-13-19(20)27-5)21(24)22(4)15-18-11-9-8-10-16(18)3/h8-14H,6-7,15H2,1-5H3. The van der Waals surface area contributed by atoms with Gasteiger partial charge in [0.1, 0.15) is 10.6 Å². The first-order chi connectivity index (χ1) is 13.3. The first-order valence-electron chi connectivity index (χ1n) is 9.24. The van der Waals surface area contributed by atoms with Crippen molar-refractivity contribution < 1.29 is 17.9 Å². The number of aryl methyl sites for hydroxylation is 1. The average molecular weight is 405 g/mol. The van der Waals surface area contributed by atoms with Crippen molar-refractivity contribution in [3.05, 3.63) is 59.2 Å². The van der Waals surface area contributed by atoms with E-state index in [1.165, 1.54) is 23.5 Å². The summed E-state index contributed by atoms with van der Waals surface area (Å²) in [6.45, 7) is 6.67. The van der Waals surface area contributed by atoms with Crippen LogP contribution in [0.5, 0.6) is 5.75 Å². The fourth-order valence-corrected chi connectivity index (χ4v) is 4.69. The van der Waals surface area contributed by atoms with Gasteiger partial charge in [0.2, 0.25) is 10.0 Å². The molecule has 0 spiro atoms. The van der Waals surface area contributed by atoms with Crippen LogP contribution in [0.3, 0.4) is 0 Å². The van der Waals surface area contributed by atoms with E-state index in [2.05, 4.69) is 0 Å². The van der Waals surface area contributed by atoms with Crippen molar-refractivity contribution in [2.24, 2.45) is 0 Å². The summed E-state index contributed by atoms with van der Waals surface area (Å²) in [5, 5.41) is 0. The first kappa shape index (κ1) is 21.9. The van der Waals surface area contributed by atoms with Gasteiger partial charge in [-0.25, -0.2) is 8.42 Å². The number of methoxy groups -OCH3 is 1. The van der Waals surface area contributed by atoms with Crippen LogP contribution in [-0.4, -0.2) is 50.8 Å². The second-order valence-corrected chi connectivity index (χ2v) is 8.45. The lowest BCUT2D eigenvalue weighted by Gasteiger charge is -2.22. The lowest BCUT2D eigenvalue weighted by atomic mass is 10.1. The molecule has 0 aromatic heterocycles. The molecule has 0 aliphatic carbocycles. The number of rotatable bonds is 8. The third-order valence-corrected chi connectivity index (χ3v) is 6.82. The van der Waals surface area contributed by atoms with E-state index >= 15 is 0 Å². The largest absolute Gasteiger partial charge is 0.495 e. The Morgan fingerprint density at radius 2 is 1.71 bits per heavy atom. The van der Waals surface area contributed by atoms with E-state index in [1.807, 2.05) is 31.2 Å². The lowest BCUT2D eigenvalue weighted by Crippen LogP contribution is -2.31. The highest BCUT2D eigenvalue weighted by atomic mass is 32.2. The van der Waals surface area contributed by atoms with Crippen molar-refractivity contribution in [3.8, 4) is 5.75 Å². The van der Waals surface area contributed by atoms with Gasteiger partial charge in [-0.1, -0.05) is 38.1 Å². The number of ether oxygens (including phenoxy) is 1. The zero-order valence-electron chi connectivity index (χ0n) is 17.1. The van der Waals surface area contributed by atoms with Gasteiger partial charge >= 0.3 is 0 Å². The van der Waals surface area contributed by atoms with Gasteiger partial charge in [-0.15, -0.1) is 0 Å². The normalized spacial score (nSPS) is 11.5. The average Bonchev–Trinajstić information content (AvgIpc) is 2.69. The van der Waals surface area contributed by atoms with E-state index in [0.717, 1.165) is 11.1 Å². The summed E-state index contributed by atoms with van der Waals surface area (Å²) in [7, 11) is -0.629. The van der Waals surface area contributed by atoms with Crippen LogP contribution in [-0.2, 0) is 16.6 Å². The molecule has 6 nitrogen and oxygen atoms in total. The van der Waals surface area contributed by atoms with Crippen molar-refractivity contribution in [1.29, 1.82) is 0 Å². The van der Waals surface area contributed by atoms with Crippen LogP contribution in [0, 0.1) is 6.92 Å². The molecule has 0 N–H and O–H groups in total. The summed E-state index contributed by atoms with van der Waals surface area (Å²) in [5.41, 5.74) is 2.45. The number of nitrogens with zero attached hydrogens (tertiary/aromatic N) is 2. The van der Waals surface area contributed by atoms with Gasteiger partial charge in [-0.2, -0.15) is 4.31 Å². The van der Waals surface area contributed by atoms with E-state index in [4.69, 9.17) is 4.74 Å². The van der Waals surface area contributed by atoms with Crippen LogP contribution >= 0.6 is 0 Å². The molecule has 0 unspecified atom stereocenters. The molecule has 152 valence electrons. The summed E-state index contributed by atoms with van der Waals surface area (Å²) in [4.78, 5) is 14.5. The lowest BCUT2D eigenvalue weighted by molar-refractivity contribution is 0.0784. The Labute approximate surface area is 167 Å². The van der Waals surface area contributed by atoms with Crippen LogP contribution in [0.15, 0.2) is 47.4 Å². The molecule has 0 fully saturated rings. The predicted octanol–water partition coefficient (Wildman–Crippen LogP) is 3.31. The zero-order valence-corrected chi connectivity index (χ0v) is 17.9. The van der Waals surface area contributed by atoms with Gasteiger partial charge < -0.3 is 9.64 Å². The minimum Gasteiger partial charge on any atom is -0.495 e. The molecular weight excluding hydrogens is 376 g/mol. The Bertz CT molecular complexity index is 937. The van der Waals surface area contributed by atoms with Gasteiger partial charge in [-0.05, 0) is 36.2 Å². The highest BCUT2D eigenvalue weighted by Gasteiger charge is 2.27. The van der Waals surface area contributed by atoms with Gasteiger partial charge in [-0.3, -0.25) is 4.79 Å². The second-order valence-electron chi connectivity index (χ2n) is 6.54. The third-order valence-electron chi connectivity index (χ3n) is 4.75. The maximum atomic E-state index is 13.0. The summed E-state index contributed by atoms with van der Waals surface area (Å²) >= 11 is 0. The molecular formula is C21H28N2O4S. The monoisotopic (exact) mass is 404 g/mol. The number of hydrogen-bond acceptors (Lipinski definition) is 4. The molecule has 28 heavy (non-hydrogen) atoms. The quantitative estimate of drug-likeness (QED) is 0.677. The number of sulfonamides is 1. The van der Waals surface area contributed by atoms with Gasteiger partial charge in [0.25, 0.3) is 5.91 Å². The van der Waals surface area contributed by atoms with Gasteiger partial charge in [0.15, 0.2) is 0 Å². The fraction of sp³-hybridized carbons (Fsp3) is 0.381. The summed E-state index contributed by atoms with van der Waals surface area (Å²) in [5.74, 6) is -0.0214. The van der Waals surface area contributed by atoms with E-state index in [9.17, 15) is 13.2 Å². The van der Waals surface area contributed by atoms with Crippen molar-refractivity contribution >= 4 is 15.9 Å².